The lowest BCUT2D eigenvalue weighted by molar-refractivity contribution is -0.197. The zero-order valence-corrected chi connectivity index (χ0v) is 15.7. The maximum absolute atomic E-state index is 13.0. The first-order valence-corrected chi connectivity index (χ1v) is 10.0. The lowest BCUT2D eigenvalue weighted by Crippen LogP contribution is -2.39. The number of aryl methyl sites for hydroxylation is 1. The third-order valence-electron chi connectivity index (χ3n) is 4.23. The first-order valence-electron chi connectivity index (χ1n) is 8.42. The van der Waals surface area contributed by atoms with Gasteiger partial charge in [0.1, 0.15) is 17.1 Å². The van der Waals surface area contributed by atoms with Crippen LogP contribution < -0.4 is 4.74 Å². The summed E-state index contributed by atoms with van der Waals surface area (Å²) >= 11 is 0. The third-order valence-corrected chi connectivity index (χ3v) is 4.96. The Morgan fingerprint density at radius 2 is 1.86 bits per heavy atom. The van der Waals surface area contributed by atoms with Gasteiger partial charge in [0.05, 0.1) is 5.92 Å². The van der Waals surface area contributed by atoms with E-state index in [-0.39, 0.29) is 11.7 Å². The van der Waals surface area contributed by atoms with Gasteiger partial charge in [-0.2, -0.15) is 21.6 Å². The number of esters is 2. The Morgan fingerprint density at radius 3 is 2.39 bits per heavy atom. The summed E-state index contributed by atoms with van der Waals surface area (Å²) in [6, 6.07) is 3.82. The molecule has 1 atom stereocenters. The number of ether oxygens (including phenoxy) is 2. The number of hydrogen-bond acceptors (Lipinski definition) is 6. The van der Waals surface area contributed by atoms with Crippen molar-refractivity contribution in [1.82, 2.24) is 0 Å². The maximum atomic E-state index is 13.0. The summed E-state index contributed by atoms with van der Waals surface area (Å²) < 4.78 is 78.7. The van der Waals surface area contributed by atoms with Gasteiger partial charge in [-0.25, -0.2) is 4.79 Å². The average Bonchev–Trinajstić information content (AvgIpc) is 3.06. The molecule has 11 heteroatoms. The number of benzene rings is 1. The smallest absolute Gasteiger partial charge is 0.426 e. The normalized spacial score (nSPS) is 16.6. The van der Waals surface area contributed by atoms with E-state index in [1.807, 2.05) is 0 Å². The molecule has 7 nitrogen and oxygen atoms in total. The quantitative estimate of drug-likeness (QED) is 0.425. The highest BCUT2D eigenvalue weighted by Crippen LogP contribution is 2.30. The van der Waals surface area contributed by atoms with Crippen LogP contribution in [0, 0.1) is 12.8 Å². The van der Waals surface area contributed by atoms with Crippen molar-refractivity contribution in [3.63, 3.8) is 0 Å². The minimum Gasteiger partial charge on any atom is -0.448 e. The van der Waals surface area contributed by atoms with E-state index >= 15 is 0 Å². The molecule has 0 heterocycles. The summed E-state index contributed by atoms with van der Waals surface area (Å²) in [7, 11) is -5.06. The summed E-state index contributed by atoms with van der Waals surface area (Å²) in [6.45, 7) is 1.62. The van der Waals surface area contributed by atoms with Crippen molar-refractivity contribution in [2.24, 2.45) is 5.92 Å². The van der Waals surface area contributed by atoms with Crippen LogP contribution in [0.4, 0.5) is 13.2 Å². The summed E-state index contributed by atoms with van der Waals surface area (Å²) in [4.78, 5) is 24.4. The molecule has 0 bridgehead atoms. The van der Waals surface area contributed by atoms with Gasteiger partial charge < -0.3 is 9.47 Å². The lowest BCUT2D eigenvalue weighted by Gasteiger charge is -2.20. The molecule has 156 valence electrons. The van der Waals surface area contributed by atoms with Crippen molar-refractivity contribution in [2.45, 2.75) is 44.9 Å². The highest BCUT2D eigenvalue weighted by molar-refractivity contribution is 7.85. The maximum Gasteiger partial charge on any atom is 0.426 e. The molecule has 0 saturated heterocycles. The van der Waals surface area contributed by atoms with Gasteiger partial charge in [0.15, 0.2) is 0 Å². The standard InChI is InChI=1S/C17H19F3O7S/c1-10-6-7-12(13(8-10)26-15(21)11-4-2-3-5-11)16(22)27-14(17(18,19)20)9-28(23,24)25/h6-8,11,14H,2-5,9H2,1H3,(H,23,24,25). The second-order valence-corrected chi connectivity index (χ2v) is 8.08. The van der Waals surface area contributed by atoms with Crippen molar-refractivity contribution < 1.29 is 45.2 Å². The Hall–Kier alpha value is -2.14. The van der Waals surface area contributed by atoms with E-state index in [4.69, 9.17) is 9.29 Å². The minimum absolute atomic E-state index is 0.269. The molecule has 1 saturated carbocycles. The number of hydrogen-bond donors (Lipinski definition) is 1. The molecule has 0 spiro atoms. The molecule has 1 N–H and O–H groups in total. The number of rotatable bonds is 6. The molecule has 0 amide bonds. The fourth-order valence-electron chi connectivity index (χ4n) is 2.82. The number of halogens is 3. The van der Waals surface area contributed by atoms with Crippen molar-refractivity contribution in [1.29, 1.82) is 0 Å². The first kappa shape index (κ1) is 22.2. The monoisotopic (exact) mass is 424 g/mol. The van der Waals surface area contributed by atoms with Gasteiger partial charge in [0.2, 0.25) is 6.10 Å². The van der Waals surface area contributed by atoms with Crippen LogP contribution in [-0.2, 0) is 19.6 Å². The number of carbonyl (C=O) groups excluding carboxylic acids is 2. The Labute approximate surface area is 159 Å². The predicted octanol–water partition coefficient (Wildman–Crippen LogP) is 3.07. The molecule has 1 unspecified atom stereocenters. The van der Waals surface area contributed by atoms with E-state index in [2.05, 4.69) is 4.74 Å². The predicted molar refractivity (Wildman–Crippen MR) is 90.4 cm³/mol. The molecular weight excluding hydrogens is 405 g/mol. The van der Waals surface area contributed by atoms with E-state index < -0.39 is 45.7 Å². The summed E-state index contributed by atoms with van der Waals surface area (Å²) in [5, 5.41) is 0. The van der Waals surface area contributed by atoms with Crippen molar-refractivity contribution in [3.8, 4) is 5.75 Å². The molecule has 1 aromatic carbocycles. The number of alkyl halides is 3. The van der Waals surface area contributed by atoms with E-state index in [0.717, 1.165) is 18.9 Å². The van der Waals surface area contributed by atoms with Crippen LogP contribution in [0.1, 0.15) is 41.6 Å². The molecule has 1 aliphatic carbocycles. The van der Waals surface area contributed by atoms with Gasteiger partial charge in [-0.15, -0.1) is 0 Å². The van der Waals surface area contributed by atoms with E-state index in [9.17, 15) is 31.2 Å². The van der Waals surface area contributed by atoms with Crippen LogP contribution in [0.2, 0.25) is 0 Å². The average molecular weight is 424 g/mol. The van der Waals surface area contributed by atoms with Crippen molar-refractivity contribution >= 4 is 22.1 Å². The topological polar surface area (TPSA) is 107 Å². The SMILES string of the molecule is Cc1ccc(C(=O)OC(CS(=O)(=O)O)C(F)(F)F)c(OC(=O)C2CCCC2)c1. The summed E-state index contributed by atoms with van der Waals surface area (Å²) in [5.74, 6) is -4.59. The van der Waals surface area contributed by atoms with Gasteiger partial charge in [0.25, 0.3) is 10.1 Å². The molecule has 1 aromatic rings. The van der Waals surface area contributed by atoms with Gasteiger partial charge in [-0.05, 0) is 37.5 Å². The molecule has 28 heavy (non-hydrogen) atoms. The largest absolute Gasteiger partial charge is 0.448 e. The van der Waals surface area contributed by atoms with E-state index in [1.54, 1.807) is 6.92 Å². The molecular formula is C17H19F3O7S. The molecule has 1 aliphatic rings. The van der Waals surface area contributed by atoms with E-state index in [1.165, 1.54) is 12.1 Å². The zero-order chi connectivity index (χ0) is 21.1. The fourth-order valence-corrected chi connectivity index (χ4v) is 3.45. The Kier molecular flexibility index (Phi) is 6.71. The highest BCUT2D eigenvalue weighted by Gasteiger charge is 2.46. The molecule has 0 radical (unpaired) electrons. The number of carbonyl (C=O) groups is 2. The van der Waals surface area contributed by atoms with Gasteiger partial charge in [-0.1, -0.05) is 18.9 Å². The summed E-state index contributed by atoms with van der Waals surface area (Å²) in [6.07, 6.45) is -5.35. The molecule has 2 rings (SSSR count). The highest BCUT2D eigenvalue weighted by atomic mass is 32.2. The Balaban J connectivity index is 2.25. The van der Waals surface area contributed by atoms with Crippen LogP contribution in [0.3, 0.4) is 0 Å². The van der Waals surface area contributed by atoms with Crippen molar-refractivity contribution in [3.05, 3.63) is 29.3 Å². The van der Waals surface area contributed by atoms with Gasteiger partial charge >= 0.3 is 18.1 Å². The molecule has 1 fully saturated rings. The molecule has 0 aromatic heterocycles. The Morgan fingerprint density at radius 1 is 1.25 bits per heavy atom. The molecule has 0 aliphatic heterocycles. The zero-order valence-electron chi connectivity index (χ0n) is 14.9. The third kappa shape index (κ3) is 6.20. The van der Waals surface area contributed by atoms with Crippen LogP contribution in [0.15, 0.2) is 18.2 Å². The second-order valence-electron chi connectivity index (χ2n) is 6.59. The Bertz CT molecular complexity index is 843. The lowest BCUT2D eigenvalue weighted by atomic mass is 10.1. The summed E-state index contributed by atoms with van der Waals surface area (Å²) in [5.41, 5.74) is 0.123. The first-order chi connectivity index (χ1) is 12.9. The van der Waals surface area contributed by atoms with E-state index in [0.29, 0.717) is 18.4 Å². The van der Waals surface area contributed by atoms with Gasteiger partial charge in [-0.3, -0.25) is 9.35 Å². The van der Waals surface area contributed by atoms with Crippen LogP contribution in [0.5, 0.6) is 5.75 Å². The van der Waals surface area contributed by atoms with Gasteiger partial charge in [0, 0.05) is 0 Å². The van der Waals surface area contributed by atoms with Crippen LogP contribution in [-0.4, -0.2) is 42.9 Å². The second kappa shape index (κ2) is 8.48. The fraction of sp³-hybridized carbons (Fsp3) is 0.529. The van der Waals surface area contributed by atoms with Crippen molar-refractivity contribution in [2.75, 3.05) is 5.75 Å². The minimum atomic E-state index is -5.23. The van der Waals surface area contributed by atoms with Crippen LogP contribution >= 0.6 is 0 Å². The van der Waals surface area contributed by atoms with Crippen LogP contribution in [0.25, 0.3) is 0 Å².